The molecule has 0 bridgehead atoms. The molecule has 2 rings (SSSR count). The van der Waals surface area contributed by atoms with Crippen molar-refractivity contribution in [3.63, 3.8) is 0 Å². The van der Waals surface area contributed by atoms with E-state index in [1.807, 2.05) is 0 Å². The van der Waals surface area contributed by atoms with Crippen molar-refractivity contribution in [1.82, 2.24) is 5.32 Å². The molecule has 18 heavy (non-hydrogen) atoms. The van der Waals surface area contributed by atoms with Gasteiger partial charge in [-0.05, 0) is 31.3 Å². The van der Waals surface area contributed by atoms with E-state index in [0.29, 0.717) is 0 Å². The Morgan fingerprint density at radius 2 is 1.56 bits per heavy atom. The van der Waals surface area contributed by atoms with E-state index in [-0.39, 0.29) is 11.1 Å². The molecule has 2 aromatic rings. The fraction of sp³-hybridized carbons (Fsp3) is 0.143. The van der Waals surface area contributed by atoms with Crippen LogP contribution in [0, 0.1) is 17.5 Å². The third kappa shape index (κ3) is 2.38. The maximum absolute atomic E-state index is 13.7. The summed E-state index contributed by atoms with van der Waals surface area (Å²) in [4.78, 5) is 0. The van der Waals surface area contributed by atoms with Crippen molar-refractivity contribution >= 4 is 0 Å². The molecule has 0 saturated carbocycles. The van der Waals surface area contributed by atoms with E-state index in [9.17, 15) is 13.2 Å². The molecule has 1 nitrogen and oxygen atoms in total. The second-order valence-corrected chi connectivity index (χ2v) is 3.91. The zero-order valence-electron chi connectivity index (χ0n) is 9.75. The van der Waals surface area contributed by atoms with E-state index in [4.69, 9.17) is 0 Å². The number of benzene rings is 2. The molecule has 94 valence electrons. The molecule has 1 atom stereocenters. The van der Waals surface area contributed by atoms with Crippen LogP contribution in [0.4, 0.5) is 13.2 Å². The predicted molar refractivity (Wildman–Crippen MR) is 63.7 cm³/mol. The summed E-state index contributed by atoms with van der Waals surface area (Å²) < 4.78 is 40.6. The second-order valence-electron chi connectivity index (χ2n) is 3.91. The molecule has 0 aromatic heterocycles. The van der Waals surface area contributed by atoms with E-state index in [1.165, 1.54) is 6.07 Å². The van der Waals surface area contributed by atoms with Crippen LogP contribution in [0.15, 0.2) is 42.5 Å². The molecule has 2 aromatic carbocycles. The van der Waals surface area contributed by atoms with Crippen molar-refractivity contribution < 1.29 is 13.2 Å². The highest BCUT2D eigenvalue weighted by atomic mass is 19.1. The summed E-state index contributed by atoms with van der Waals surface area (Å²) in [6, 6.07) is 8.46. The van der Waals surface area contributed by atoms with Crippen molar-refractivity contribution in [3.8, 4) is 0 Å². The van der Waals surface area contributed by atoms with Gasteiger partial charge in [-0.2, -0.15) is 0 Å². The number of rotatable bonds is 3. The Morgan fingerprint density at radius 1 is 0.889 bits per heavy atom. The van der Waals surface area contributed by atoms with Gasteiger partial charge in [0.25, 0.3) is 0 Å². The largest absolute Gasteiger partial charge is 0.309 e. The topological polar surface area (TPSA) is 12.0 Å². The lowest BCUT2D eigenvalue weighted by atomic mass is 9.98. The fourth-order valence-electron chi connectivity index (χ4n) is 1.92. The Hall–Kier alpha value is -1.81. The van der Waals surface area contributed by atoms with Gasteiger partial charge in [-0.1, -0.05) is 18.2 Å². The highest BCUT2D eigenvalue weighted by Gasteiger charge is 2.19. The summed E-state index contributed by atoms with van der Waals surface area (Å²) >= 11 is 0. The van der Waals surface area contributed by atoms with Gasteiger partial charge in [-0.25, -0.2) is 13.2 Å². The first-order valence-electron chi connectivity index (χ1n) is 5.50. The Labute approximate surface area is 103 Å². The minimum absolute atomic E-state index is 0.0857. The van der Waals surface area contributed by atoms with E-state index in [1.54, 1.807) is 25.2 Å². The second kappa shape index (κ2) is 5.23. The number of hydrogen-bond donors (Lipinski definition) is 1. The standard InChI is InChI=1S/C14H12F3N/c1-18-14(10-4-2-3-5-12(10)16)11-8-9(15)6-7-13(11)17/h2-8,14,18H,1H3. The van der Waals surface area contributed by atoms with Crippen LogP contribution >= 0.6 is 0 Å². The zero-order valence-corrected chi connectivity index (χ0v) is 9.75. The van der Waals surface area contributed by atoms with Crippen molar-refractivity contribution in [2.24, 2.45) is 0 Å². The molecule has 1 N–H and O–H groups in total. The molecule has 0 saturated heterocycles. The molecular formula is C14H12F3N. The van der Waals surface area contributed by atoms with Crippen LogP contribution in [0.2, 0.25) is 0 Å². The first-order valence-corrected chi connectivity index (χ1v) is 5.50. The minimum atomic E-state index is -0.720. The van der Waals surface area contributed by atoms with Gasteiger partial charge < -0.3 is 5.32 Å². The molecule has 0 heterocycles. The quantitative estimate of drug-likeness (QED) is 0.881. The molecule has 1 unspecified atom stereocenters. The average Bonchev–Trinajstić information content (AvgIpc) is 2.36. The molecule has 0 aliphatic rings. The molecular weight excluding hydrogens is 239 g/mol. The number of hydrogen-bond acceptors (Lipinski definition) is 1. The van der Waals surface area contributed by atoms with Gasteiger partial charge in [-0.15, -0.1) is 0 Å². The maximum Gasteiger partial charge on any atom is 0.128 e. The summed E-state index contributed by atoms with van der Waals surface area (Å²) in [5.74, 6) is -1.58. The minimum Gasteiger partial charge on any atom is -0.309 e. The third-order valence-electron chi connectivity index (χ3n) is 2.77. The Bertz CT molecular complexity index is 554. The SMILES string of the molecule is CNC(c1ccccc1F)c1cc(F)ccc1F. The van der Waals surface area contributed by atoms with Crippen LogP contribution < -0.4 is 5.32 Å². The Morgan fingerprint density at radius 3 is 2.22 bits per heavy atom. The molecule has 0 amide bonds. The zero-order chi connectivity index (χ0) is 13.1. The van der Waals surface area contributed by atoms with Crippen LogP contribution in [0.25, 0.3) is 0 Å². The van der Waals surface area contributed by atoms with Crippen molar-refractivity contribution in [3.05, 3.63) is 71.0 Å². The van der Waals surface area contributed by atoms with E-state index in [2.05, 4.69) is 5.32 Å². The van der Waals surface area contributed by atoms with Gasteiger partial charge in [-0.3, -0.25) is 0 Å². The molecule has 0 aliphatic carbocycles. The van der Waals surface area contributed by atoms with Gasteiger partial charge in [0, 0.05) is 11.1 Å². The lowest BCUT2D eigenvalue weighted by Crippen LogP contribution is -2.20. The lowest BCUT2D eigenvalue weighted by Gasteiger charge is -2.18. The van der Waals surface area contributed by atoms with E-state index >= 15 is 0 Å². The van der Waals surface area contributed by atoms with Gasteiger partial charge in [0.1, 0.15) is 17.5 Å². The van der Waals surface area contributed by atoms with Crippen molar-refractivity contribution in [2.75, 3.05) is 7.05 Å². The summed E-state index contributed by atoms with van der Waals surface area (Å²) in [5.41, 5.74) is 0.368. The first-order chi connectivity index (χ1) is 8.63. The Kier molecular flexibility index (Phi) is 3.67. The van der Waals surface area contributed by atoms with E-state index < -0.39 is 23.5 Å². The van der Waals surface area contributed by atoms with E-state index in [0.717, 1.165) is 18.2 Å². The van der Waals surface area contributed by atoms with Gasteiger partial charge >= 0.3 is 0 Å². The molecule has 0 fully saturated rings. The lowest BCUT2D eigenvalue weighted by molar-refractivity contribution is 0.537. The average molecular weight is 251 g/mol. The monoisotopic (exact) mass is 251 g/mol. The van der Waals surface area contributed by atoms with Crippen LogP contribution in [0.5, 0.6) is 0 Å². The van der Waals surface area contributed by atoms with Gasteiger partial charge in [0.15, 0.2) is 0 Å². The Balaban J connectivity index is 2.52. The van der Waals surface area contributed by atoms with Crippen LogP contribution in [0.3, 0.4) is 0 Å². The molecule has 0 radical (unpaired) electrons. The summed E-state index contributed by atoms with van der Waals surface area (Å²) in [6.07, 6.45) is 0. The first kappa shape index (κ1) is 12.6. The highest BCUT2D eigenvalue weighted by molar-refractivity contribution is 5.33. The summed E-state index contributed by atoms with van der Waals surface area (Å²) in [6.45, 7) is 0. The summed E-state index contributed by atoms with van der Waals surface area (Å²) in [5, 5.41) is 2.80. The van der Waals surface area contributed by atoms with Crippen LogP contribution in [-0.2, 0) is 0 Å². The van der Waals surface area contributed by atoms with Crippen LogP contribution in [0.1, 0.15) is 17.2 Å². The number of nitrogens with one attached hydrogen (secondary N) is 1. The van der Waals surface area contributed by atoms with Crippen LogP contribution in [-0.4, -0.2) is 7.05 Å². The predicted octanol–water partition coefficient (Wildman–Crippen LogP) is 3.41. The molecule has 0 aliphatic heterocycles. The maximum atomic E-state index is 13.7. The van der Waals surface area contributed by atoms with Crippen molar-refractivity contribution in [2.45, 2.75) is 6.04 Å². The van der Waals surface area contributed by atoms with Gasteiger partial charge in [0.05, 0.1) is 6.04 Å². The van der Waals surface area contributed by atoms with Gasteiger partial charge in [0.2, 0.25) is 0 Å². The number of halogens is 3. The fourth-order valence-corrected chi connectivity index (χ4v) is 1.92. The molecule has 0 spiro atoms. The summed E-state index contributed by atoms with van der Waals surface area (Å²) in [7, 11) is 1.57. The smallest absolute Gasteiger partial charge is 0.128 e. The third-order valence-corrected chi connectivity index (χ3v) is 2.77. The highest BCUT2D eigenvalue weighted by Crippen LogP contribution is 2.26. The molecule has 4 heteroatoms. The normalized spacial score (nSPS) is 12.4. The van der Waals surface area contributed by atoms with Crippen molar-refractivity contribution in [1.29, 1.82) is 0 Å².